The fraction of sp³-hybridized carbons (Fsp3) is 0.632. The minimum absolute atomic E-state index is 0.0525. The van der Waals surface area contributed by atoms with Crippen molar-refractivity contribution in [3.63, 3.8) is 0 Å². The van der Waals surface area contributed by atoms with E-state index in [2.05, 4.69) is 30.9 Å². The molecular formula is C19H30N2O3. The molecule has 0 N–H and O–H groups in total. The number of benzene rings is 1. The third-order valence-corrected chi connectivity index (χ3v) is 4.72. The predicted molar refractivity (Wildman–Crippen MR) is 95.6 cm³/mol. The molecule has 0 saturated heterocycles. The minimum Gasteiger partial charge on any atom is -0.496 e. The van der Waals surface area contributed by atoms with Gasteiger partial charge in [0.15, 0.2) is 0 Å². The molecule has 134 valence electrons. The molecule has 24 heavy (non-hydrogen) atoms. The summed E-state index contributed by atoms with van der Waals surface area (Å²) in [5, 5.41) is 0. The molecule has 2 rings (SSSR count). The van der Waals surface area contributed by atoms with Crippen LogP contribution in [0.15, 0.2) is 24.3 Å². The lowest BCUT2D eigenvalue weighted by Crippen LogP contribution is -2.47. The Labute approximate surface area is 145 Å². The van der Waals surface area contributed by atoms with E-state index < -0.39 is 0 Å². The Kier molecular flexibility index (Phi) is 7.06. The van der Waals surface area contributed by atoms with Crippen LogP contribution < -0.4 is 4.74 Å². The smallest absolute Gasteiger partial charge is 0.342 e. The normalized spacial score (nSPS) is 21.1. The van der Waals surface area contributed by atoms with Gasteiger partial charge in [-0.05, 0) is 52.5 Å². The zero-order valence-electron chi connectivity index (χ0n) is 15.3. The summed E-state index contributed by atoms with van der Waals surface area (Å²) < 4.78 is 11.2. The Morgan fingerprint density at radius 3 is 2.54 bits per heavy atom. The van der Waals surface area contributed by atoms with Gasteiger partial charge >= 0.3 is 5.97 Å². The number of ether oxygens (including phenoxy) is 2. The average molecular weight is 334 g/mol. The highest BCUT2D eigenvalue weighted by Crippen LogP contribution is 2.27. The molecule has 0 bridgehead atoms. The number of hydrogen-bond donors (Lipinski definition) is 0. The first-order valence-corrected chi connectivity index (χ1v) is 8.72. The summed E-state index contributed by atoms with van der Waals surface area (Å²) in [5.74, 6) is 0.279. The lowest BCUT2D eigenvalue weighted by atomic mass is 9.91. The Morgan fingerprint density at radius 2 is 1.83 bits per heavy atom. The van der Waals surface area contributed by atoms with E-state index in [9.17, 15) is 4.79 Å². The van der Waals surface area contributed by atoms with E-state index in [0.717, 1.165) is 32.4 Å². The molecule has 1 aromatic rings. The van der Waals surface area contributed by atoms with Gasteiger partial charge in [0, 0.05) is 19.1 Å². The van der Waals surface area contributed by atoms with Crippen LogP contribution in [0, 0.1) is 0 Å². The SMILES string of the molecule is COc1ccccc1C(=O)O[C@@H]1CCCC[C@H]1N(C)CCN(C)C. The highest BCUT2D eigenvalue weighted by molar-refractivity contribution is 5.92. The zero-order chi connectivity index (χ0) is 17.5. The van der Waals surface area contributed by atoms with Gasteiger partial charge in [-0.2, -0.15) is 0 Å². The third-order valence-electron chi connectivity index (χ3n) is 4.72. The number of hydrogen-bond acceptors (Lipinski definition) is 5. The number of carbonyl (C=O) groups is 1. The summed E-state index contributed by atoms with van der Waals surface area (Å²) in [7, 11) is 7.86. The Hall–Kier alpha value is -1.59. The molecule has 1 aliphatic rings. The van der Waals surface area contributed by atoms with Crippen molar-refractivity contribution in [3.05, 3.63) is 29.8 Å². The Balaban J connectivity index is 2.03. The fourth-order valence-corrected chi connectivity index (χ4v) is 3.26. The number of likely N-dealkylation sites (N-methyl/N-ethyl adjacent to an activating group) is 2. The molecule has 5 heteroatoms. The zero-order valence-corrected chi connectivity index (χ0v) is 15.3. The van der Waals surface area contributed by atoms with Gasteiger partial charge in [0.1, 0.15) is 17.4 Å². The number of para-hydroxylation sites is 1. The van der Waals surface area contributed by atoms with Crippen LogP contribution in [0.25, 0.3) is 0 Å². The second-order valence-electron chi connectivity index (χ2n) is 6.78. The van der Waals surface area contributed by atoms with Crippen molar-refractivity contribution in [2.24, 2.45) is 0 Å². The molecule has 1 saturated carbocycles. The Morgan fingerprint density at radius 1 is 1.12 bits per heavy atom. The molecule has 1 aromatic carbocycles. The van der Waals surface area contributed by atoms with Crippen LogP contribution in [0.3, 0.4) is 0 Å². The van der Waals surface area contributed by atoms with Gasteiger partial charge in [0.2, 0.25) is 0 Å². The number of methoxy groups -OCH3 is 1. The van der Waals surface area contributed by atoms with E-state index in [4.69, 9.17) is 9.47 Å². The molecule has 2 atom stereocenters. The topological polar surface area (TPSA) is 42.0 Å². The first-order valence-electron chi connectivity index (χ1n) is 8.72. The van der Waals surface area contributed by atoms with Gasteiger partial charge in [-0.3, -0.25) is 4.90 Å². The third kappa shape index (κ3) is 4.95. The van der Waals surface area contributed by atoms with E-state index in [1.807, 2.05) is 12.1 Å². The van der Waals surface area contributed by atoms with Gasteiger partial charge < -0.3 is 14.4 Å². The van der Waals surface area contributed by atoms with Crippen LogP contribution >= 0.6 is 0 Å². The summed E-state index contributed by atoms with van der Waals surface area (Å²) in [5.41, 5.74) is 0.500. The van der Waals surface area contributed by atoms with Crippen molar-refractivity contribution >= 4 is 5.97 Å². The average Bonchev–Trinajstić information content (AvgIpc) is 2.60. The summed E-state index contributed by atoms with van der Waals surface area (Å²) >= 11 is 0. The van der Waals surface area contributed by atoms with Crippen LogP contribution in [0.1, 0.15) is 36.0 Å². The second kappa shape index (κ2) is 9.04. The van der Waals surface area contributed by atoms with Crippen LogP contribution in [0.4, 0.5) is 0 Å². The standard InChI is InChI=1S/C19H30N2O3/c1-20(2)13-14-21(3)16-10-6-8-12-18(16)24-19(22)15-9-5-7-11-17(15)23-4/h5,7,9,11,16,18H,6,8,10,12-14H2,1-4H3/t16-,18-/m1/s1. The van der Waals surface area contributed by atoms with Crippen LogP contribution in [0.5, 0.6) is 5.75 Å². The molecule has 5 nitrogen and oxygen atoms in total. The lowest BCUT2D eigenvalue weighted by molar-refractivity contribution is -0.0129. The van der Waals surface area contributed by atoms with Crippen LogP contribution in [-0.4, -0.2) is 69.3 Å². The molecular weight excluding hydrogens is 304 g/mol. The highest BCUT2D eigenvalue weighted by atomic mass is 16.5. The maximum atomic E-state index is 12.6. The maximum Gasteiger partial charge on any atom is 0.342 e. The molecule has 0 unspecified atom stereocenters. The predicted octanol–water partition coefficient (Wildman–Crippen LogP) is 2.66. The van der Waals surface area contributed by atoms with Crippen LogP contribution in [0.2, 0.25) is 0 Å². The summed E-state index contributed by atoms with van der Waals surface area (Å²) in [6.45, 7) is 1.97. The first-order chi connectivity index (χ1) is 11.5. The van der Waals surface area contributed by atoms with Crippen molar-refractivity contribution in [2.45, 2.75) is 37.8 Å². The van der Waals surface area contributed by atoms with Crippen molar-refractivity contribution in [3.8, 4) is 5.75 Å². The molecule has 0 heterocycles. The largest absolute Gasteiger partial charge is 0.496 e. The molecule has 0 aromatic heterocycles. The molecule has 1 fully saturated rings. The van der Waals surface area contributed by atoms with Crippen molar-refractivity contribution in [1.29, 1.82) is 0 Å². The minimum atomic E-state index is -0.287. The maximum absolute atomic E-state index is 12.6. The molecule has 0 amide bonds. The molecule has 0 spiro atoms. The number of carbonyl (C=O) groups excluding carboxylic acids is 1. The van der Waals surface area contributed by atoms with Gasteiger partial charge in [-0.25, -0.2) is 4.79 Å². The summed E-state index contributed by atoms with van der Waals surface area (Å²) in [6, 6.07) is 7.53. The van der Waals surface area contributed by atoms with E-state index in [1.165, 1.54) is 6.42 Å². The van der Waals surface area contributed by atoms with Gasteiger partial charge in [-0.1, -0.05) is 18.6 Å². The molecule has 0 radical (unpaired) electrons. The van der Waals surface area contributed by atoms with Gasteiger partial charge in [-0.15, -0.1) is 0 Å². The van der Waals surface area contributed by atoms with E-state index >= 15 is 0 Å². The second-order valence-corrected chi connectivity index (χ2v) is 6.78. The molecule has 1 aliphatic carbocycles. The van der Waals surface area contributed by atoms with Crippen molar-refractivity contribution in [1.82, 2.24) is 9.80 Å². The van der Waals surface area contributed by atoms with E-state index in [0.29, 0.717) is 11.3 Å². The van der Waals surface area contributed by atoms with Crippen LogP contribution in [-0.2, 0) is 4.74 Å². The first kappa shape index (κ1) is 18.7. The monoisotopic (exact) mass is 334 g/mol. The molecule has 0 aliphatic heterocycles. The Bertz CT molecular complexity index is 533. The number of rotatable bonds is 7. The highest BCUT2D eigenvalue weighted by Gasteiger charge is 2.32. The van der Waals surface area contributed by atoms with Gasteiger partial charge in [0.25, 0.3) is 0 Å². The number of esters is 1. The van der Waals surface area contributed by atoms with E-state index in [1.54, 1.807) is 19.2 Å². The quantitative estimate of drug-likeness (QED) is 0.717. The number of nitrogens with zero attached hydrogens (tertiary/aromatic N) is 2. The lowest BCUT2D eigenvalue weighted by Gasteiger charge is -2.37. The van der Waals surface area contributed by atoms with Crippen molar-refractivity contribution < 1.29 is 14.3 Å². The van der Waals surface area contributed by atoms with Crippen molar-refractivity contribution in [2.75, 3.05) is 41.3 Å². The summed E-state index contributed by atoms with van der Waals surface area (Å²) in [6.07, 6.45) is 4.26. The van der Waals surface area contributed by atoms with E-state index in [-0.39, 0.29) is 18.1 Å². The summed E-state index contributed by atoms with van der Waals surface area (Å²) in [4.78, 5) is 17.1. The fourth-order valence-electron chi connectivity index (χ4n) is 3.26. The van der Waals surface area contributed by atoms with Gasteiger partial charge in [0.05, 0.1) is 7.11 Å².